The van der Waals surface area contributed by atoms with E-state index in [2.05, 4.69) is 21.9 Å². The number of nitrogens with zero attached hydrogens (tertiary/aromatic N) is 1. The van der Waals surface area contributed by atoms with E-state index < -0.39 is 10.0 Å². The lowest BCUT2D eigenvalue weighted by Gasteiger charge is -2.20. The van der Waals surface area contributed by atoms with Gasteiger partial charge in [0.15, 0.2) is 0 Å². The Labute approximate surface area is 150 Å². The van der Waals surface area contributed by atoms with Gasteiger partial charge in [-0.05, 0) is 69.0 Å². The fraction of sp³-hybridized carbons (Fsp3) is 0.611. The lowest BCUT2D eigenvalue weighted by molar-refractivity contribution is 0.0945. The Morgan fingerprint density at radius 3 is 2.44 bits per heavy atom. The third-order valence-electron chi connectivity index (χ3n) is 4.71. The first kappa shape index (κ1) is 18.4. The third kappa shape index (κ3) is 5.26. The number of carbonyl (C=O) groups excluding carboxylic acids is 1. The Morgan fingerprint density at radius 1 is 1.20 bits per heavy atom. The van der Waals surface area contributed by atoms with Crippen LogP contribution in [0.5, 0.6) is 0 Å². The molecule has 1 heterocycles. The van der Waals surface area contributed by atoms with E-state index in [4.69, 9.17) is 0 Å². The normalized spacial score (nSPS) is 19.7. The summed E-state index contributed by atoms with van der Waals surface area (Å²) < 4.78 is 26.9. The SMILES string of the molecule is CC(CNC(=O)c1ccc(S(=O)(=O)NC2CC2)cc1)CN1CCCC1. The Bertz CT molecular complexity index is 693. The van der Waals surface area contributed by atoms with Crippen LogP contribution in [-0.4, -0.2) is 51.4 Å². The molecule has 1 saturated carbocycles. The maximum absolute atomic E-state index is 12.2. The van der Waals surface area contributed by atoms with Crippen LogP contribution in [0.1, 0.15) is 43.0 Å². The van der Waals surface area contributed by atoms with Gasteiger partial charge in [0, 0.05) is 24.7 Å². The molecular formula is C18H27N3O3S. The van der Waals surface area contributed by atoms with E-state index in [0.29, 0.717) is 18.0 Å². The zero-order valence-electron chi connectivity index (χ0n) is 14.7. The number of carbonyl (C=O) groups is 1. The summed E-state index contributed by atoms with van der Waals surface area (Å²) in [7, 11) is -3.47. The second kappa shape index (κ2) is 7.85. The molecule has 0 aromatic heterocycles. The van der Waals surface area contributed by atoms with Gasteiger partial charge in [0.1, 0.15) is 0 Å². The first-order valence-corrected chi connectivity index (χ1v) is 10.6. The average Bonchev–Trinajstić information content (AvgIpc) is 3.24. The molecule has 0 radical (unpaired) electrons. The molecule has 2 fully saturated rings. The number of hydrogen-bond acceptors (Lipinski definition) is 4. The van der Waals surface area contributed by atoms with Crippen LogP contribution < -0.4 is 10.0 Å². The van der Waals surface area contributed by atoms with Crippen LogP contribution in [0.4, 0.5) is 0 Å². The van der Waals surface area contributed by atoms with Gasteiger partial charge in [-0.2, -0.15) is 0 Å². The van der Waals surface area contributed by atoms with Gasteiger partial charge in [-0.1, -0.05) is 6.92 Å². The van der Waals surface area contributed by atoms with Crippen molar-refractivity contribution in [2.75, 3.05) is 26.2 Å². The molecule has 1 atom stereocenters. The minimum absolute atomic E-state index is 0.0741. The molecule has 0 bridgehead atoms. The summed E-state index contributed by atoms with van der Waals surface area (Å²) in [6.07, 6.45) is 4.33. The minimum atomic E-state index is -3.47. The van der Waals surface area contributed by atoms with E-state index in [1.165, 1.54) is 25.0 Å². The number of rotatable bonds is 8. The largest absolute Gasteiger partial charge is 0.352 e. The third-order valence-corrected chi connectivity index (χ3v) is 6.24. The highest BCUT2D eigenvalue weighted by Crippen LogP contribution is 2.22. The van der Waals surface area contributed by atoms with Crippen molar-refractivity contribution in [3.8, 4) is 0 Å². The number of hydrogen-bond donors (Lipinski definition) is 2. The average molecular weight is 365 g/mol. The molecule has 2 aliphatic rings. The van der Waals surface area contributed by atoms with Gasteiger partial charge in [-0.25, -0.2) is 13.1 Å². The lowest BCUT2D eigenvalue weighted by Crippen LogP contribution is -2.34. The first-order valence-electron chi connectivity index (χ1n) is 9.07. The lowest BCUT2D eigenvalue weighted by atomic mass is 10.1. The number of likely N-dealkylation sites (tertiary alicyclic amines) is 1. The number of amides is 1. The van der Waals surface area contributed by atoms with Gasteiger partial charge < -0.3 is 10.2 Å². The quantitative estimate of drug-likeness (QED) is 0.733. The maximum atomic E-state index is 12.2. The molecule has 1 amide bonds. The van der Waals surface area contributed by atoms with Crippen molar-refractivity contribution < 1.29 is 13.2 Å². The van der Waals surface area contributed by atoms with E-state index in [-0.39, 0.29) is 16.8 Å². The van der Waals surface area contributed by atoms with Crippen molar-refractivity contribution in [3.63, 3.8) is 0 Å². The molecule has 1 unspecified atom stereocenters. The van der Waals surface area contributed by atoms with Crippen molar-refractivity contribution in [2.45, 2.75) is 43.5 Å². The van der Waals surface area contributed by atoms with Gasteiger partial charge in [0.05, 0.1) is 4.90 Å². The van der Waals surface area contributed by atoms with Crippen molar-refractivity contribution in [3.05, 3.63) is 29.8 Å². The van der Waals surface area contributed by atoms with E-state index in [1.807, 2.05) is 0 Å². The monoisotopic (exact) mass is 365 g/mol. The molecule has 3 rings (SSSR count). The zero-order chi connectivity index (χ0) is 17.9. The highest BCUT2D eigenvalue weighted by atomic mass is 32.2. The van der Waals surface area contributed by atoms with Crippen molar-refractivity contribution >= 4 is 15.9 Å². The highest BCUT2D eigenvalue weighted by molar-refractivity contribution is 7.89. The molecule has 7 heteroatoms. The van der Waals surface area contributed by atoms with Gasteiger partial charge in [-0.15, -0.1) is 0 Å². The second-order valence-electron chi connectivity index (χ2n) is 7.24. The predicted octanol–water partition coefficient (Wildman–Crippen LogP) is 1.59. The summed E-state index contributed by atoms with van der Waals surface area (Å²) in [4.78, 5) is 14.9. The van der Waals surface area contributed by atoms with Gasteiger partial charge >= 0.3 is 0 Å². The summed E-state index contributed by atoms with van der Waals surface area (Å²) in [5.74, 6) is 0.233. The van der Waals surface area contributed by atoms with E-state index >= 15 is 0 Å². The Hall–Kier alpha value is -1.44. The standard InChI is InChI=1S/C18H27N3O3S/c1-14(13-21-10-2-3-11-21)12-19-18(22)15-4-8-17(9-5-15)25(23,24)20-16-6-7-16/h4-5,8-9,14,16,20H,2-3,6-7,10-13H2,1H3,(H,19,22). The maximum Gasteiger partial charge on any atom is 0.251 e. The van der Waals surface area contributed by atoms with Crippen LogP contribution in [0.15, 0.2) is 29.2 Å². The van der Waals surface area contributed by atoms with Crippen LogP contribution in [0.25, 0.3) is 0 Å². The van der Waals surface area contributed by atoms with Crippen LogP contribution in [0.3, 0.4) is 0 Å². The summed E-state index contributed by atoms with van der Waals surface area (Å²) >= 11 is 0. The summed E-state index contributed by atoms with van der Waals surface area (Å²) in [6.45, 7) is 6.08. The number of nitrogens with one attached hydrogen (secondary N) is 2. The molecule has 6 nitrogen and oxygen atoms in total. The molecule has 1 aliphatic carbocycles. The molecule has 1 aromatic rings. The van der Waals surface area contributed by atoms with E-state index in [0.717, 1.165) is 32.5 Å². The molecule has 138 valence electrons. The second-order valence-corrected chi connectivity index (χ2v) is 8.96. The topological polar surface area (TPSA) is 78.5 Å². The Kier molecular flexibility index (Phi) is 5.76. The van der Waals surface area contributed by atoms with E-state index in [1.54, 1.807) is 12.1 Å². The smallest absolute Gasteiger partial charge is 0.251 e. The molecule has 1 saturated heterocycles. The van der Waals surface area contributed by atoms with Crippen molar-refractivity contribution in [1.82, 2.24) is 14.9 Å². The van der Waals surface area contributed by atoms with Gasteiger partial charge in [0.25, 0.3) is 5.91 Å². The van der Waals surface area contributed by atoms with Gasteiger partial charge in [-0.3, -0.25) is 4.79 Å². The predicted molar refractivity (Wildman–Crippen MR) is 97.0 cm³/mol. The van der Waals surface area contributed by atoms with Crippen LogP contribution in [0.2, 0.25) is 0 Å². The molecule has 2 N–H and O–H groups in total. The first-order chi connectivity index (χ1) is 11.9. The fourth-order valence-corrected chi connectivity index (χ4v) is 4.42. The summed E-state index contributed by atoms with van der Waals surface area (Å²) in [5.41, 5.74) is 0.485. The van der Waals surface area contributed by atoms with Crippen LogP contribution in [-0.2, 0) is 10.0 Å². The molecule has 1 aromatic carbocycles. The fourth-order valence-electron chi connectivity index (χ4n) is 3.11. The van der Waals surface area contributed by atoms with Crippen LogP contribution >= 0.6 is 0 Å². The molecule has 0 spiro atoms. The Morgan fingerprint density at radius 2 is 1.84 bits per heavy atom. The number of benzene rings is 1. The molecule has 1 aliphatic heterocycles. The highest BCUT2D eigenvalue weighted by Gasteiger charge is 2.28. The van der Waals surface area contributed by atoms with Crippen molar-refractivity contribution in [2.24, 2.45) is 5.92 Å². The molecule has 25 heavy (non-hydrogen) atoms. The summed E-state index contributed by atoms with van der Waals surface area (Å²) in [6, 6.07) is 6.20. The summed E-state index contributed by atoms with van der Waals surface area (Å²) in [5, 5.41) is 2.94. The van der Waals surface area contributed by atoms with Gasteiger partial charge in [0.2, 0.25) is 10.0 Å². The van der Waals surface area contributed by atoms with E-state index in [9.17, 15) is 13.2 Å². The molecular weight excluding hydrogens is 338 g/mol. The van der Waals surface area contributed by atoms with Crippen molar-refractivity contribution in [1.29, 1.82) is 0 Å². The van der Waals surface area contributed by atoms with Crippen LogP contribution in [0, 0.1) is 5.92 Å². The minimum Gasteiger partial charge on any atom is -0.352 e. The zero-order valence-corrected chi connectivity index (χ0v) is 15.5. The Balaban J connectivity index is 1.50. The number of sulfonamides is 1.